The summed E-state index contributed by atoms with van der Waals surface area (Å²) in [5.74, 6) is 1.22. The molecule has 40 heavy (non-hydrogen) atoms. The van der Waals surface area contributed by atoms with Crippen LogP contribution < -0.4 is 9.64 Å². The maximum absolute atomic E-state index is 15.1. The first-order valence-electron chi connectivity index (χ1n) is 12.7. The average Bonchev–Trinajstić information content (AvgIpc) is 3.53. The van der Waals surface area contributed by atoms with Gasteiger partial charge in [-0.15, -0.1) is 0 Å². The summed E-state index contributed by atoms with van der Waals surface area (Å²) >= 11 is 0. The number of rotatable bonds is 9. The molecule has 4 aromatic rings. The van der Waals surface area contributed by atoms with Crippen molar-refractivity contribution in [2.75, 3.05) is 19.1 Å². The summed E-state index contributed by atoms with van der Waals surface area (Å²) in [6.07, 6.45) is 8.67. The van der Waals surface area contributed by atoms with Gasteiger partial charge < -0.3 is 23.5 Å². The lowest BCUT2D eigenvalue weighted by Gasteiger charge is -2.23. The van der Waals surface area contributed by atoms with Gasteiger partial charge in [0.05, 0.1) is 51.4 Å². The molecule has 0 radical (unpaired) electrons. The molecule has 2 aromatic carbocycles. The van der Waals surface area contributed by atoms with Crippen molar-refractivity contribution in [1.82, 2.24) is 19.1 Å². The molecule has 5 rings (SSSR count). The highest BCUT2D eigenvalue weighted by atomic mass is 19.1. The maximum Gasteiger partial charge on any atom is 0.233 e. The first-order valence-corrected chi connectivity index (χ1v) is 12.7. The number of halogens is 1. The molecule has 1 amide bonds. The molecular weight excluding hydrogens is 509 g/mol. The SMILES string of the molecule is C=C/C=C(\C(=C)OC)c1cn2c(n1)CN(C(=O)Cc1cncn1Cc1cccc(OC)c1)c1cccc(F)c1C2. The van der Waals surface area contributed by atoms with E-state index in [1.54, 1.807) is 48.8 Å². The van der Waals surface area contributed by atoms with Gasteiger partial charge in [0, 0.05) is 35.8 Å². The molecule has 0 bridgehead atoms. The molecular formula is C31H30FN5O3. The molecule has 0 saturated carbocycles. The van der Waals surface area contributed by atoms with Crippen LogP contribution in [0.15, 0.2) is 92.3 Å². The molecule has 1 aliphatic heterocycles. The van der Waals surface area contributed by atoms with Gasteiger partial charge in [0.15, 0.2) is 0 Å². The Morgan fingerprint density at radius 3 is 2.77 bits per heavy atom. The Balaban J connectivity index is 1.47. The molecule has 0 N–H and O–H groups in total. The van der Waals surface area contributed by atoms with E-state index in [1.807, 2.05) is 39.6 Å². The quantitative estimate of drug-likeness (QED) is 0.218. The summed E-state index contributed by atoms with van der Waals surface area (Å²) in [6, 6.07) is 12.5. The zero-order chi connectivity index (χ0) is 28.2. The van der Waals surface area contributed by atoms with Gasteiger partial charge in [-0.05, 0) is 35.9 Å². The zero-order valence-electron chi connectivity index (χ0n) is 22.5. The first kappa shape index (κ1) is 26.7. The number of carbonyl (C=O) groups excluding carboxylic acids is 1. The zero-order valence-corrected chi connectivity index (χ0v) is 22.5. The van der Waals surface area contributed by atoms with Crippen LogP contribution in [-0.2, 0) is 35.6 Å². The van der Waals surface area contributed by atoms with Crippen LogP contribution in [0.3, 0.4) is 0 Å². The molecule has 8 nitrogen and oxygen atoms in total. The highest BCUT2D eigenvalue weighted by Gasteiger charge is 2.28. The molecule has 9 heteroatoms. The normalized spacial score (nSPS) is 12.8. The van der Waals surface area contributed by atoms with Crippen molar-refractivity contribution in [3.05, 3.63) is 126 Å². The molecule has 1 aliphatic rings. The summed E-state index contributed by atoms with van der Waals surface area (Å²) in [5.41, 5.74) is 3.97. The molecule has 0 atom stereocenters. The lowest BCUT2D eigenvalue weighted by molar-refractivity contribution is -0.118. The minimum Gasteiger partial charge on any atom is -0.497 e. The second-order valence-electron chi connectivity index (χ2n) is 9.37. The van der Waals surface area contributed by atoms with Crippen molar-refractivity contribution in [2.24, 2.45) is 0 Å². The number of amides is 1. The molecule has 0 unspecified atom stereocenters. The minimum atomic E-state index is -0.385. The number of anilines is 1. The summed E-state index contributed by atoms with van der Waals surface area (Å²) in [7, 11) is 3.16. The number of imidazole rings is 2. The lowest BCUT2D eigenvalue weighted by atomic mass is 10.1. The van der Waals surface area contributed by atoms with Crippen LogP contribution in [0.1, 0.15) is 28.3 Å². The summed E-state index contributed by atoms with van der Waals surface area (Å²) in [6.45, 7) is 8.64. The van der Waals surface area contributed by atoms with Gasteiger partial charge in [0.2, 0.25) is 5.91 Å². The molecule has 3 heterocycles. The minimum absolute atomic E-state index is 0.0790. The van der Waals surface area contributed by atoms with E-state index >= 15 is 4.39 Å². The second kappa shape index (κ2) is 11.4. The number of aromatic nitrogens is 4. The summed E-state index contributed by atoms with van der Waals surface area (Å²) < 4.78 is 29.6. The van der Waals surface area contributed by atoms with E-state index in [4.69, 9.17) is 14.5 Å². The Morgan fingerprint density at radius 2 is 2.00 bits per heavy atom. The lowest BCUT2D eigenvalue weighted by Crippen LogP contribution is -2.33. The summed E-state index contributed by atoms with van der Waals surface area (Å²) in [4.78, 5) is 24.5. The third-order valence-electron chi connectivity index (χ3n) is 6.90. The highest BCUT2D eigenvalue weighted by molar-refractivity contribution is 5.95. The Hall–Kier alpha value is -4.92. The number of carbonyl (C=O) groups is 1. The van der Waals surface area contributed by atoms with Crippen molar-refractivity contribution in [3.63, 3.8) is 0 Å². The fraction of sp³-hybridized carbons (Fsp3) is 0.194. The van der Waals surface area contributed by atoms with E-state index in [1.165, 1.54) is 13.2 Å². The van der Waals surface area contributed by atoms with E-state index in [2.05, 4.69) is 18.1 Å². The van der Waals surface area contributed by atoms with Crippen LogP contribution in [0.5, 0.6) is 5.75 Å². The van der Waals surface area contributed by atoms with Crippen LogP contribution in [0.25, 0.3) is 5.57 Å². The third kappa shape index (κ3) is 5.31. The van der Waals surface area contributed by atoms with E-state index < -0.39 is 0 Å². The van der Waals surface area contributed by atoms with E-state index in [9.17, 15) is 4.79 Å². The van der Waals surface area contributed by atoms with Gasteiger partial charge in [-0.3, -0.25) is 4.79 Å². The van der Waals surface area contributed by atoms with Crippen LogP contribution in [0, 0.1) is 5.82 Å². The number of benzene rings is 2. The number of nitrogens with zero attached hydrogens (tertiary/aromatic N) is 5. The number of hydrogen-bond donors (Lipinski definition) is 0. The molecule has 0 aliphatic carbocycles. The van der Waals surface area contributed by atoms with Gasteiger partial charge in [0.1, 0.15) is 23.2 Å². The monoisotopic (exact) mass is 539 g/mol. The number of allylic oxidation sites excluding steroid dienone is 3. The number of ether oxygens (including phenoxy) is 2. The van der Waals surface area contributed by atoms with Crippen molar-refractivity contribution < 1.29 is 18.7 Å². The Kier molecular flexibility index (Phi) is 7.63. The van der Waals surface area contributed by atoms with E-state index in [0.717, 1.165) is 17.0 Å². The van der Waals surface area contributed by atoms with Gasteiger partial charge in [-0.1, -0.05) is 37.4 Å². The Labute approximate surface area is 232 Å². The number of methoxy groups -OCH3 is 2. The molecule has 2 aromatic heterocycles. The molecule has 0 saturated heterocycles. The Bertz CT molecular complexity index is 1620. The predicted octanol–water partition coefficient (Wildman–Crippen LogP) is 5.14. The van der Waals surface area contributed by atoms with Crippen LogP contribution in [-0.4, -0.2) is 39.2 Å². The maximum atomic E-state index is 15.1. The van der Waals surface area contributed by atoms with Crippen LogP contribution in [0.4, 0.5) is 10.1 Å². The third-order valence-corrected chi connectivity index (χ3v) is 6.90. The largest absolute Gasteiger partial charge is 0.497 e. The van der Waals surface area contributed by atoms with Gasteiger partial charge in [-0.2, -0.15) is 0 Å². The fourth-order valence-electron chi connectivity index (χ4n) is 4.83. The van der Waals surface area contributed by atoms with Crippen molar-refractivity contribution >= 4 is 17.2 Å². The van der Waals surface area contributed by atoms with Crippen LogP contribution in [0.2, 0.25) is 0 Å². The van der Waals surface area contributed by atoms with E-state index in [0.29, 0.717) is 40.6 Å². The standard InChI is InChI=1S/C31H30FN5O3/c1-5-8-25(21(2)39-3)28-18-35-17-26-27(32)11-7-12-29(26)37(19-30(35)34-28)31(38)14-23-15-33-20-36(23)16-22-9-6-10-24(13-22)40-4/h5-13,15,18,20H,1-2,14,16-17,19H2,3-4H3/b25-8+. The fourth-order valence-corrected chi connectivity index (χ4v) is 4.83. The van der Waals surface area contributed by atoms with Crippen molar-refractivity contribution in [3.8, 4) is 5.75 Å². The summed E-state index contributed by atoms with van der Waals surface area (Å²) in [5, 5.41) is 0. The molecule has 0 fully saturated rings. The van der Waals surface area contributed by atoms with Gasteiger partial charge >= 0.3 is 0 Å². The number of hydrogen-bond acceptors (Lipinski definition) is 5. The average molecular weight is 540 g/mol. The smallest absolute Gasteiger partial charge is 0.233 e. The topological polar surface area (TPSA) is 74.4 Å². The van der Waals surface area contributed by atoms with Crippen molar-refractivity contribution in [2.45, 2.75) is 26.1 Å². The molecule has 204 valence electrons. The number of fused-ring (bicyclic) bond motifs is 2. The van der Waals surface area contributed by atoms with Gasteiger partial charge in [0.25, 0.3) is 0 Å². The second-order valence-corrected chi connectivity index (χ2v) is 9.37. The van der Waals surface area contributed by atoms with Crippen molar-refractivity contribution in [1.29, 1.82) is 0 Å². The predicted molar refractivity (Wildman–Crippen MR) is 151 cm³/mol. The Morgan fingerprint density at radius 1 is 1.18 bits per heavy atom. The first-order chi connectivity index (χ1) is 19.4. The van der Waals surface area contributed by atoms with Crippen LogP contribution >= 0.6 is 0 Å². The van der Waals surface area contributed by atoms with Gasteiger partial charge in [-0.25, -0.2) is 14.4 Å². The van der Waals surface area contributed by atoms with E-state index in [-0.39, 0.29) is 31.2 Å². The highest BCUT2D eigenvalue weighted by Crippen LogP contribution is 2.32. The molecule has 0 spiro atoms.